The van der Waals surface area contributed by atoms with Crippen molar-refractivity contribution in [2.24, 2.45) is 22.7 Å². The molecule has 4 aliphatic carbocycles. The first kappa shape index (κ1) is 21.4. The number of ketones is 2. The molecule has 0 spiro atoms. The lowest BCUT2D eigenvalue weighted by atomic mass is 9.44. The number of fused-ring (bicyclic) bond motifs is 7. The number of allylic oxidation sites excluding steroid dienone is 4. The molecule has 8 atom stereocenters. The number of halogens is 1. The third kappa shape index (κ3) is 2.31. The van der Waals surface area contributed by atoms with Crippen LogP contribution in [-0.2, 0) is 19.1 Å². The second-order valence-electron chi connectivity index (χ2n) is 10.9. The quantitative estimate of drug-likeness (QED) is 0.694. The predicted molar refractivity (Wildman–Crippen MR) is 109 cm³/mol. The number of carbonyl (C=O) groups is 2. The summed E-state index contributed by atoms with van der Waals surface area (Å²) in [5, 5.41) is 21.2. The molecule has 0 aromatic heterocycles. The van der Waals surface area contributed by atoms with Crippen molar-refractivity contribution in [2.45, 2.75) is 82.6 Å². The van der Waals surface area contributed by atoms with E-state index < -0.39 is 58.4 Å². The minimum atomic E-state index is -1.98. The van der Waals surface area contributed by atoms with E-state index in [-0.39, 0.29) is 18.1 Å². The number of hydrogen-bond acceptors (Lipinski definition) is 6. The Labute approximate surface area is 181 Å². The highest BCUT2D eigenvalue weighted by molar-refractivity contribution is 6.01. The molecule has 0 unspecified atom stereocenters. The number of carbonyl (C=O) groups excluding carboxylic acids is 2. The molecular weight excluding hydrogens is 403 g/mol. The third-order valence-electron chi connectivity index (χ3n) is 9.19. The summed E-state index contributed by atoms with van der Waals surface area (Å²) in [5.41, 5.74) is -4.66. The Kier molecular flexibility index (Phi) is 4.24. The summed E-state index contributed by atoms with van der Waals surface area (Å²) in [5.74, 6) is -2.46. The molecular formula is C24H31FO6. The summed E-state index contributed by atoms with van der Waals surface area (Å²) < 4.78 is 29.5. The van der Waals surface area contributed by atoms with E-state index in [0.29, 0.717) is 19.3 Å². The van der Waals surface area contributed by atoms with Gasteiger partial charge in [-0.2, -0.15) is 0 Å². The average Bonchev–Trinajstić information content (AvgIpc) is 3.09. The van der Waals surface area contributed by atoms with Crippen molar-refractivity contribution in [1.29, 1.82) is 0 Å². The standard InChI is InChI=1S/C24H31FO6/c1-20(2)30-19-10-16-15-6-5-13-9-14(27)7-8-21(13,3)23(15,25)17(28)11-22(16,4)24(19,31-20)18(29)12-26/h7-9,15-17,19,26,28H,5-6,10-12H2,1-4H3/t15-,16+,17+,19+,21-,22-,23-,24+/m0/s1. The first-order valence-electron chi connectivity index (χ1n) is 11.2. The molecule has 6 nitrogen and oxygen atoms in total. The third-order valence-corrected chi connectivity index (χ3v) is 9.19. The van der Waals surface area contributed by atoms with E-state index in [9.17, 15) is 19.8 Å². The first-order valence-corrected chi connectivity index (χ1v) is 11.2. The van der Waals surface area contributed by atoms with E-state index >= 15 is 4.39 Å². The molecule has 0 amide bonds. The minimum absolute atomic E-state index is 0.0109. The van der Waals surface area contributed by atoms with Gasteiger partial charge in [-0.3, -0.25) is 9.59 Å². The number of rotatable bonds is 2. The van der Waals surface area contributed by atoms with E-state index in [1.165, 1.54) is 12.2 Å². The van der Waals surface area contributed by atoms with Gasteiger partial charge in [0.05, 0.1) is 12.2 Å². The van der Waals surface area contributed by atoms with Crippen LogP contribution < -0.4 is 0 Å². The molecule has 5 aliphatic rings. The van der Waals surface area contributed by atoms with Gasteiger partial charge >= 0.3 is 0 Å². The summed E-state index contributed by atoms with van der Waals surface area (Å²) in [6, 6.07) is 0. The first-order chi connectivity index (χ1) is 14.4. The smallest absolute Gasteiger partial charge is 0.193 e. The molecule has 2 N–H and O–H groups in total. The Balaban J connectivity index is 1.64. The Morgan fingerprint density at radius 2 is 1.97 bits per heavy atom. The molecule has 1 saturated heterocycles. The van der Waals surface area contributed by atoms with Crippen LogP contribution in [0, 0.1) is 22.7 Å². The highest BCUT2D eigenvalue weighted by Crippen LogP contribution is 2.72. The average molecular weight is 435 g/mol. The van der Waals surface area contributed by atoms with Crippen molar-refractivity contribution in [3.05, 3.63) is 23.8 Å². The van der Waals surface area contributed by atoms with Gasteiger partial charge in [-0.05, 0) is 64.5 Å². The molecule has 5 rings (SSSR count). The van der Waals surface area contributed by atoms with Gasteiger partial charge in [0.25, 0.3) is 0 Å². The number of alkyl halides is 1. The van der Waals surface area contributed by atoms with E-state index in [4.69, 9.17) is 9.47 Å². The van der Waals surface area contributed by atoms with Crippen LogP contribution in [0.5, 0.6) is 0 Å². The van der Waals surface area contributed by atoms with Crippen LogP contribution in [0.4, 0.5) is 4.39 Å². The van der Waals surface area contributed by atoms with Gasteiger partial charge in [-0.25, -0.2) is 4.39 Å². The van der Waals surface area contributed by atoms with Gasteiger partial charge in [-0.15, -0.1) is 0 Å². The van der Waals surface area contributed by atoms with Gasteiger partial charge in [0.15, 0.2) is 28.6 Å². The molecule has 0 bridgehead atoms. The molecule has 1 heterocycles. The van der Waals surface area contributed by atoms with Crippen molar-refractivity contribution in [3.8, 4) is 0 Å². The van der Waals surface area contributed by atoms with Crippen LogP contribution in [0.15, 0.2) is 23.8 Å². The molecule has 4 fully saturated rings. The SMILES string of the molecule is CC1(C)O[C@@H]2C[C@@H]3[C@@H]4CCC5=CC(=O)C=C[C@]5(C)[C@@]4(F)[C@H](O)C[C@]3(C)[C@]2(C(=O)CO)O1. The molecule has 3 saturated carbocycles. The fraction of sp³-hybridized carbons (Fsp3) is 0.750. The maximum atomic E-state index is 17.1. The number of hydrogen-bond donors (Lipinski definition) is 2. The predicted octanol–water partition coefficient (Wildman–Crippen LogP) is 2.42. The van der Waals surface area contributed by atoms with Crippen molar-refractivity contribution >= 4 is 11.6 Å². The van der Waals surface area contributed by atoms with Gasteiger partial charge in [0.1, 0.15) is 6.61 Å². The van der Waals surface area contributed by atoms with Crippen LogP contribution >= 0.6 is 0 Å². The Morgan fingerprint density at radius 3 is 2.65 bits per heavy atom. The van der Waals surface area contributed by atoms with Crippen molar-refractivity contribution in [3.63, 3.8) is 0 Å². The Morgan fingerprint density at radius 1 is 1.26 bits per heavy atom. The van der Waals surface area contributed by atoms with Crippen molar-refractivity contribution < 1.29 is 33.7 Å². The molecule has 0 aromatic rings. The largest absolute Gasteiger partial charge is 0.390 e. The van der Waals surface area contributed by atoms with Gasteiger partial charge < -0.3 is 19.7 Å². The number of aliphatic hydroxyl groups is 2. The van der Waals surface area contributed by atoms with Crippen molar-refractivity contribution in [1.82, 2.24) is 0 Å². The van der Waals surface area contributed by atoms with Gasteiger partial charge in [-0.1, -0.05) is 18.6 Å². The topological polar surface area (TPSA) is 93.1 Å². The van der Waals surface area contributed by atoms with Crippen molar-refractivity contribution in [2.75, 3.05) is 6.61 Å². The zero-order valence-corrected chi connectivity index (χ0v) is 18.5. The van der Waals surface area contributed by atoms with E-state index in [1.807, 2.05) is 6.92 Å². The zero-order valence-electron chi connectivity index (χ0n) is 18.5. The van der Waals surface area contributed by atoms with Crippen LogP contribution in [0.2, 0.25) is 0 Å². The molecule has 31 heavy (non-hydrogen) atoms. The van der Waals surface area contributed by atoms with Crippen LogP contribution in [0.3, 0.4) is 0 Å². The zero-order chi connectivity index (χ0) is 22.6. The highest BCUT2D eigenvalue weighted by atomic mass is 19.1. The molecule has 170 valence electrons. The Bertz CT molecular complexity index is 925. The molecule has 1 aliphatic heterocycles. The van der Waals surface area contributed by atoms with Gasteiger partial charge in [0.2, 0.25) is 0 Å². The van der Waals surface area contributed by atoms with E-state index in [0.717, 1.165) is 5.57 Å². The fourth-order valence-electron chi connectivity index (χ4n) is 7.93. The second kappa shape index (κ2) is 6.13. The maximum absolute atomic E-state index is 17.1. The van der Waals surface area contributed by atoms with E-state index in [2.05, 4.69) is 0 Å². The van der Waals surface area contributed by atoms with Crippen LogP contribution in [0.25, 0.3) is 0 Å². The summed E-state index contributed by atoms with van der Waals surface area (Å²) in [7, 11) is 0. The normalized spacial score (nSPS) is 52.1. The lowest BCUT2D eigenvalue weighted by Crippen LogP contribution is -2.70. The summed E-state index contributed by atoms with van der Waals surface area (Å²) in [4.78, 5) is 25.1. The van der Waals surface area contributed by atoms with Gasteiger partial charge in [0, 0.05) is 16.7 Å². The minimum Gasteiger partial charge on any atom is -0.390 e. The second-order valence-corrected chi connectivity index (χ2v) is 10.9. The maximum Gasteiger partial charge on any atom is 0.193 e. The highest BCUT2D eigenvalue weighted by Gasteiger charge is 2.79. The lowest BCUT2D eigenvalue weighted by molar-refractivity contribution is -0.246. The summed E-state index contributed by atoms with van der Waals surface area (Å²) in [6.45, 7) is 6.41. The van der Waals surface area contributed by atoms with E-state index in [1.54, 1.807) is 26.8 Å². The van der Waals surface area contributed by atoms with Crippen LogP contribution in [-0.4, -0.2) is 57.7 Å². The summed E-state index contributed by atoms with van der Waals surface area (Å²) >= 11 is 0. The van der Waals surface area contributed by atoms with Crippen LogP contribution in [0.1, 0.15) is 53.4 Å². The summed E-state index contributed by atoms with van der Waals surface area (Å²) in [6.07, 6.45) is 4.00. The number of ether oxygens (including phenoxy) is 2. The molecule has 0 aromatic carbocycles. The number of aliphatic hydroxyl groups excluding tert-OH is 2. The lowest BCUT2D eigenvalue weighted by Gasteiger charge is -2.62. The number of Topliss-reactive ketones (excluding diaryl/α,β-unsaturated/α-hetero) is 1. The fourth-order valence-corrected chi connectivity index (χ4v) is 7.93. The molecule has 0 radical (unpaired) electrons. The Hall–Kier alpha value is -1.41. The molecule has 7 heteroatoms. The monoisotopic (exact) mass is 434 g/mol.